The molecule has 3 aromatic carbocycles. The molecule has 0 aliphatic carbocycles. The highest BCUT2D eigenvalue weighted by Crippen LogP contribution is 2.32. The van der Waals surface area contributed by atoms with Gasteiger partial charge in [0.15, 0.2) is 5.84 Å². The molecule has 7 nitrogen and oxygen atoms in total. The fraction of sp³-hybridized carbons (Fsp3) is 0.133. The van der Waals surface area contributed by atoms with Crippen molar-refractivity contribution in [1.29, 1.82) is 5.41 Å². The Labute approximate surface area is 224 Å². The van der Waals surface area contributed by atoms with Gasteiger partial charge < -0.3 is 9.30 Å². The number of amides is 1. The van der Waals surface area contributed by atoms with E-state index in [0.717, 1.165) is 44.7 Å². The number of amidine groups is 2. The van der Waals surface area contributed by atoms with E-state index in [-0.39, 0.29) is 18.0 Å². The summed E-state index contributed by atoms with van der Waals surface area (Å²) in [4.78, 5) is 17.2. The minimum absolute atomic E-state index is 0.00774. The fourth-order valence-corrected chi connectivity index (χ4v) is 5.61. The number of carbonyl (C=O) groups is 1. The molecule has 1 aromatic heterocycles. The van der Waals surface area contributed by atoms with Crippen molar-refractivity contribution in [3.8, 4) is 11.4 Å². The first-order valence-corrected chi connectivity index (χ1v) is 13.1. The van der Waals surface area contributed by atoms with Crippen LogP contribution < -0.4 is 4.74 Å². The van der Waals surface area contributed by atoms with Gasteiger partial charge in [-0.1, -0.05) is 54.6 Å². The quantitative estimate of drug-likeness (QED) is 0.316. The van der Waals surface area contributed by atoms with E-state index in [1.54, 1.807) is 6.08 Å². The number of hydrogen-bond donors (Lipinski definition) is 1. The molecule has 1 N–H and O–H groups in total. The van der Waals surface area contributed by atoms with E-state index in [2.05, 4.69) is 45.0 Å². The summed E-state index contributed by atoms with van der Waals surface area (Å²) < 4.78 is 8.10. The predicted octanol–water partition coefficient (Wildman–Crippen LogP) is 6.25. The zero-order chi connectivity index (χ0) is 26.4. The number of nitrogens with zero attached hydrogens (tertiary/aromatic N) is 4. The topological polar surface area (TPSA) is 83.0 Å². The maximum absolute atomic E-state index is 13.0. The van der Waals surface area contributed by atoms with Gasteiger partial charge in [-0.15, -0.1) is 0 Å². The van der Waals surface area contributed by atoms with Crippen LogP contribution in [0.1, 0.15) is 22.5 Å². The normalized spacial score (nSPS) is 16.2. The van der Waals surface area contributed by atoms with Gasteiger partial charge in [-0.05, 0) is 73.3 Å². The van der Waals surface area contributed by atoms with Crippen LogP contribution >= 0.6 is 11.8 Å². The first-order valence-electron chi connectivity index (χ1n) is 12.3. The van der Waals surface area contributed by atoms with Crippen LogP contribution in [0.3, 0.4) is 0 Å². The number of hydrazone groups is 1. The number of ether oxygens (including phenoxy) is 1. The summed E-state index contributed by atoms with van der Waals surface area (Å²) in [6.45, 7) is 6.29. The summed E-state index contributed by atoms with van der Waals surface area (Å²) in [6, 6.07) is 24.3. The molecule has 2 aliphatic heterocycles. The highest BCUT2D eigenvalue weighted by Gasteiger charge is 2.36. The third-order valence-corrected chi connectivity index (χ3v) is 7.60. The van der Waals surface area contributed by atoms with Crippen LogP contribution in [0.15, 0.2) is 88.5 Å². The molecule has 0 atom stereocenters. The number of hydrogen-bond acceptors (Lipinski definition) is 5. The Morgan fingerprint density at radius 2 is 1.76 bits per heavy atom. The molecule has 4 aromatic rings. The molecule has 1 amide bonds. The molecule has 8 heteroatoms. The smallest absolute Gasteiger partial charge is 0.283 e. The molecule has 0 bridgehead atoms. The van der Waals surface area contributed by atoms with E-state index in [4.69, 9.17) is 10.1 Å². The van der Waals surface area contributed by atoms with Crippen molar-refractivity contribution in [2.75, 3.05) is 6.61 Å². The highest BCUT2D eigenvalue weighted by molar-refractivity contribution is 8.27. The maximum atomic E-state index is 13.0. The van der Waals surface area contributed by atoms with Gasteiger partial charge >= 0.3 is 0 Å². The summed E-state index contributed by atoms with van der Waals surface area (Å²) in [5.74, 6) is 0.337. The molecule has 0 unspecified atom stereocenters. The van der Waals surface area contributed by atoms with Gasteiger partial charge in [0, 0.05) is 16.8 Å². The maximum Gasteiger partial charge on any atom is 0.283 e. The Bertz CT molecular complexity index is 1720. The molecule has 0 fully saturated rings. The van der Waals surface area contributed by atoms with Crippen molar-refractivity contribution in [1.82, 2.24) is 9.58 Å². The Morgan fingerprint density at radius 1 is 1.00 bits per heavy atom. The largest absolute Gasteiger partial charge is 0.486 e. The number of aryl methyl sites for hydroxylation is 2. The molecule has 188 valence electrons. The minimum atomic E-state index is -0.444. The summed E-state index contributed by atoms with van der Waals surface area (Å²) in [5.41, 5.74) is 5.19. The van der Waals surface area contributed by atoms with Crippen molar-refractivity contribution in [3.63, 3.8) is 0 Å². The Kier molecular flexibility index (Phi) is 5.96. The average molecular weight is 520 g/mol. The number of para-hydroxylation sites is 1. The van der Waals surface area contributed by atoms with E-state index in [0.29, 0.717) is 10.2 Å². The molecular formula is C30H25N5O2S. The van der Waals surface area contributed by atoms with E-state index >= 15 is 0 Å². The number of carbonyl (C=O) groups excluding carboxylic acids is 1. The van der Waals surface area contributed by atoms with E-state index < -0.39 is 5.91 Å². The average Bonchev–Trinajstić information content (AvgIpc) is 3.45. The van der Waals surface area contributed by atoms with Gasteiger partial charge in [0.25, 0.3) is 5.91 Å². The number of aliphatic imine (C=N–C) groups is 1. The van der Waals surface area contributed by atoms with Crippen LogP contribution in [0.25, 0.3) is 22.5 Å². The van der Waals surface area contributed by atoms with Gasteiger partial charge in [-0.2, -0.15) is 15.1 Å². The van der Waals surface area contributed by atoms with E-state index in [1.807, 2.05) is 63.2 Å². The van der Waals surface area contributed by atoms with Crippen LogP contribution in [0.5, 0.6) is 5.75 Å². The van der Waals surface area contributed by atoms with Gasteiger partial charge in [0.05, 0.1) is 11.3 Å². The fourth-order valence-electron chi connectivity index (χ4n) is 4.81. The highest BCUT2D eigenvalue weighted by atomic mass is 32.2. The third-order valence-electron chi connectivity index (χ3n) is 6.72. The van der Waals surface area contributed by atoms with Crippen molar-refractivity contribution in [2.24, 2.45) is 10.1 Å². The molecule has 38 heavy (non-hydrogen) atoms. The first kappa shape index (κ1) is 23.9. The summed E-state index contributed by atoms with van der Waals surface area (Å²) >= 11 is 1.25. The summed E-state index contributed by atoms with van der Waals surface area (Å²) in [7, 11) is 0. The zero-order valence-electron chi connectivity index (χ0n) is 21.2. The Balaban J connectivity index is 1.30. The lowest BCUT2D eigenvalue weighted by Crippen LogP contribution is -2.35. The van der Waals surface area contributed by atoms with Crippen LogP contribution in [0.4, 0.5) is 0 Å². The number of nitrogens with one attached hydrogen (secondary N) is 1. The number of rotatable bonds is 5. The van der Waals surface area contributed by atoms with Gasteiger partial charge in [-0.3, -0.25) is 10.2 Å². The van der Waals surface area contributed by atoms with Crippen LogP contribution in [-0.2, 0) is 4.79 Å². The van der Waals surface area contributed by atoms with Crippen molar-refractivity contribution in [2.45, 2.75) is 20.8 Å². The predicted molar refractivity (Wildman–Crippen MR) is 154 cm³/mol. The second kappa shape index (κ2) is 9.46. The monoisotopic (exact) mass is 519 g/mol. The van der Waals surface area contributed by atoms with Gasteiger partial charge in [0.2, 0.25) is 5.17 Å². The lowest BCUT2D eigenvalue weighted by atomic mass is 10.1. The number of benzene rings is 3. The van der Waals surface area contributed by atoms with Crippen molar-refractivity contribution < 1.29 is 9.53 Å². The number of fused-ring (bicyclic) bond motifs is 2. The summed E-state index contributed by atoms with van der Waals surface area (Å²) in [6.07, 6.45) is 1.75. The second-order valence-electron chi connectivity index (χ2n) is 9.23. The zero-order valence-corrected chi connectivity index (χ0v) is 22.0. The van der Waals surface area contributed by atoms with E-state index in [1.165, 1.54) is 16.8 Å². The first-order chi connectivity index (χ1) is 18.4. The SMILES string of the molecule is Cc1ccccc1OCC1=NN2C(=N)/C(=C/c3cc(C)n(-c4cccc5ccccc45)c3C)C(=O)N=C2S1. The molecule has 6 rings (SSSR count). The van der Waals surface area contributed by atoms with Crippen LogP contribution in [0.2, 0.25) is 0 Å². The van der Waals surface area contributed by atoms with E-state index in [9.17, 15) is 4.79 Å². The molecule has 0 radical (unpaired) electrons. The van der Waals surface area contributed by atoms with Gasteiger partial charge in [-0.25, -0.2) is 0 Å². The molecule has 0 spiro atoms. The molecule has 3 heterocycles. The Morgan fingerprint density at radius 3 is 2.61 bits per heavy atom. The summed E-state index contributed by atoms with van der Waals surface area (Å²) in [5, 5.41) is 18.0. The number of aromatic nitrogens is 1. The van der Waals surface area contributed by atoms with Crippen molar-refractivity contribution >= 4 is 50.6 Å². The molecule has 0 saturated heterocycles. The molecule has 2 aliphatic rings. The van der Waals surface area contributed by atoms with Crippen LogP contribution in [0, 0.1) is 26.2 Å². The van der Waals surface area contributed by atoms with Crippen LogP contribution in [-0.4, -0.2) is 38.1 Å². The second-order valence-corrected chi connectivity index (χ2v) is 10.3. The minimum Gasteiger partial charge on any atom is -0.486 e. The lowest BCUT2D eigenvalue weighted by Gasteiger charge is -2.20. The molecule has 0 saturated carbocycles. The van der Waals surface area contributed by atoms with Crippen molar-refractivity contribution in [3.05, 3.63) is 101 Å². The standard InChI is InChI=1S/C30H25N5O2S/c1-18-9-4-7-14-26(18)37-17-27-33-35-28(31)24(29(36)32-30(35)38-27)16-22-15-19(2)34(20(22)3)25-13-8-11-21-10-5-6-12-23(21)25/h4-16,31H,17H2,1-3H3/b24-16-,31-28?. The third kappa shape index (κ3) is 4.13. The number of thioether (sulfide) groups is 1. The van der Waals surface area contributed by atoms with Gasteiger partial charge in [0.1, 0.15) is 17.4 Å². The molecular weight excluding hydrogens is 494 g/mol. The lowest BCUT2D eigenvalue weighted by molar-refractivity contribution is -0.114. The Hall–Kier alpha value is -4.43.